The van der Waals surface area contributed by atoms with E-state index in [1.54, 1.807) is 80.0 Å². The molecule has 11 heteroatoms. The molecule has 49 heavy (non-hydrogen) atoms. The van der Waals surface area contributed by atoms with Gasteiger partial charge in [-0.25, -0.2) is 9.37 Å². The van der Waals surface area contributed by atoms with Crippen molar-refractivity contribution in [3.8, 4) is 28.7 Å². The fourth-order valence-corrected chi connectivity index (χ4v) is 6.05. The second-order valence-corrected chi connectivity index (χ2v) is 11.7. The van der Waals surface area contributed by atoms with Crippen molar-refractivity contribution in [2.75, 3.05) is 38.7 Å². The summed E-state index contributed by atoms with van der Waals surface area (Å²) in [6.07, 6.45) is 4.98. The Morgan fingerprint density at radius 1 is 0.878 bits per heavy atom. The number of fused-ring (bicyclic) bond motifs is 2. The van der Waals surface area contributed by atoms with Crippen molar-refractivity contribution in [3.63, 3.8) is 0 Å². The highest BCUT2D eigenvalue weighted by Gasteiger charge is 2.20. The fourth-order valence-electron chi connectivity index (χ4n) is 6.05. The number of hydrogen-bond acceptors (Lipinski definition) is 8. The molecule has 10 nitrogen and oxygen atoms in total. The molecule has 1 aliphatic rings. The first-order valence-electron chi connectivity index (χ1n) is 16.2. The van der Waals surface area contributed by atoms with Crippen LogP contribution in [0.3, 0.4) is 0 Å². The van der Waals surface area contributed by atoms with Crippen LogP contribution in [0.15, 0.2) is 102 Å². The van der Waals surface area contributed by atoms with Crippen LogP contribution in [-0.4, -0.2) is 58.7 Å². The molecule has 0 aliphatic carbocycles. The van der Waals surface area contributed by atoms with E-state index in [1.807, 2.05) is 6.07 Å². The van der Waals surface area contributed by atoms with E-state index in [9.17, 15) is 9.59 Å². The minimum atomic E-state index is -0.769. The molecule has 0 unspecified atom stereocenters. The van der Waals surface area contributed by atoms with Gasteiger partial charge in [-0.15, -0.1) is 0 Å². The van der Waals surface area contributed by atoms with Crippen molar-refractivity contribution < 1.29 is 23.4 Å². The highest BCUT2D eigenvalue weighted by atomic mass is 19.1. The zero-order chi connectivity index (χ0) is 33.7. The van der Waals surface area contributed by atoms with Crippen LogP contribution in [-0.2, 0) is 0 Å². The molecule has 6 aromatic rings. The number of para-hydroxylation sites is 3. The summed E-state index contributed by atoms with van der Waals surface area (Å²) < 4.78 is 34.5. The summed E-state index contributed by atoms with van der Waals surface area (Å²) in [6.45, 7) is 3.82. The molecular formula is C38H34FN5O5. The van der Waals surface area contributed by atoms with E-state index < -0.39 is 17.3 Å². The van der Waals surface area contributed by atoms with E-state index in [2.05, 4.69) is 20.2 Å². The van der Waals surface area contributed by atoms with Gasteiger partial charge in [0.1, 0.15) is 5.75 Å². The largest absolute Gasteiger partial charge is 0.493 e. The molecular weight excluding hydrogens is 625 g/mol. The van der Waals surface area contributed by atoms with Gasteiger partial charge in [0.2, 0.25) is 0 Å². The summed E-state index contributed by atoms with van der Waals surface area (Å²) in [6, 6.07) is 25.3. The quantitative estimate of drug-likeness (QED) is 0.148. The van der Waals surface area contributed by atoms with Crippen LogP contribution in [0.1, 0.15) is 29.8 Å². The molecule has 4 aromatic carbocycles. The number of methoxy groups -OCH3 is 1. The Balaban J connectivity index is 1.09. The first-order chi connectivity index (χ1) is 24.0. The number of carbonyl (C=O) groups excluding carboxylic acids is 1. The smallest absolute Gasteiger partial charge is 0.287 e. The Morgan fingerprint density at radius 3 is 2.47 bits per heavy atom. The van der Waals surface area contributed by atoms with Gasteiger partial charge >= 0.3 is 0 Å². The number of carbonyl (C=O) groups is 1. The van der Waals surface area contributed by atoms with E-state index in [1.165, 1.54) is 29.5 Å². The number of nitrogens with zero attached hydrogens (tertiary/aromatic N) is 4. The van der Waals surface area contributed by atoms with Crippen LogP contribution >= 0.6 is 0 Å². The molecule has 0 spiro atoms. The van der Waals surface area contributed by atoms with Crippen LogP contribution in [0.25, 0.3) is 27.6 Å². The van der Waals surface area contributed by atoms with Gasteiger partial charge in [0.25, 0.3) is 11.5 Å². The number of likely N-dealkylation sites (tertiary alicyclic amines) is 1. The number of anilines is 1. The summed E-state index contributed by atoms with van der Waals surface area (Å²) in [5.74, 6) is -0.110. The third-order valence-corrected chi connectivity index (χ3v) is 8.46. The summed E-state index contributed by atoms with van der Waals surface area (Å²) in [5.41, 5.74) is 1.41. The van der Waals surface area contributed by atoms with Crippen molar-refractivity contribution in [2.45, 2.75) is 19.3 Å². The normalized spacial score (nSPS) is 13.1. The molecule has 1 fully saturated rings. The molecule has 0 saturated carbocycles. The summed E-state index contributed by atoms with van der Waals surface area (Å²) >= 11 is 0. The molecule has 7 rings (SSSR count). The van der Waals surface area contributed by atoms with Gasteiger partial charge in [0.15, 0.2) is 28.8 Å². The predicted molar refractivity (Wildman–Crippen MR) is 186 cm³/mol. The average molecular weight is 660 g/mol. The van der Waals surface area contributed by atoms with E-state index in [0.29, 0.717) is 51.5 Å². The number of rotatable bonds is 11. The minimum Gasteiger partial charge on any atom is -0.493 e. The van der Waals surface area contributed by atoms with E-state index in [-0.39, 0.29) is 17.1 Å². The molecule has 3 heterocycles. The highest BCUT2D eigenvalue weighted by molar-refractivity contribution is 6.03. The number of hydrogen-bond donors (Lipinski definition) is 1. The minimum absolute atomic E-state index is 0.0676. The SMILES string of the molecule is COc1cc2c(Oc3ccc(NC(=O)c4nc5ccccc5n(-c5ccccc5)c4=O)cc3F)ccnc2cc1OCCCN1CCCC1. The second-order valence-electron chi connectivity index (χ2n) is 11.7. The fraction of sp³-hybridized carbons (Fsp3) is 0.211. The third-order valence-electron chi connectivity index (χ3n) is 8.46. The Hall–Kier alpha value is -5.81. The maximum Gasteiger partial charge on any atom is 0.287 e. The highest BCUT2D eigenvalue weighted by Crippen LogP contribution is 2.38. The Morgan fingerprint density at radius 2 is 1.67 bits per heavy atom. The van der Waals surface area contributed by atoms with Crippen molar-refractivity contribution in [1.82, 2.24) is 19.4 Å². The second kappa shape index (κ2) is 14.1. The third kappa shape index (κ3) is 6.79. The number of aromatic nitrogens is 3. The lowest BCUT2D eigenvalue weighted by Gasteiger charge is -2.16. The number of amides is 1. The molecule has 2 aromatic heterocycles. The zero-order valence-corrected chi connectivity index (χ0v) is 26.9. The van der Waals surface area contributed by atoms with Crippen LogP contribution in [0, 0.1) is 5.82 Å². The Kier molecular flexibility index (Phi) is 9.16. The molecule has 1 saturated heterocycles. The van der Waals surface area contributed by atoms with Crippen molar-refractivity contribution >= 4 is 33.5 Å². The number of nitrogens with one attached hydrogen (secondary N) is 1. The summed E-state index contributed by atoms with van der Waals surface area (Å²) in [4.78, 5) is 38.2. The van der Waals surface area contributed by atoms with Gasteiger partial charge in [0, 0.05) is 41.6 Å². The molecule has 0 radical (unpaired) electrons. The van der Waals surface area contributed by atoms with Crippen molar-refractivity contribution in [2.24, 2.45) is 0 Å². The summed E-state index contributed by atoms with van der Waals surface area (Å²) in [5, 5.41) is 3.22. The first kappa shape index (κ1) is 31.8. The number of ether oxygens (including phenoxy) is 3. The van der Waals surface area contributed by atoms with Crippen LogP contribution in [0.5, 0.6) is 23.0 Å². The molecule has 1 amide bonds. The molecule has 248 valence electrons. The van der Waals surface area contributed by atoms with Gasteiger partial charge in [-0.3, -0.25) is 19.1 Å². The maximum absolute atomic E-state index is 15.4. The first-order valence-corrected chi connectivity index (χ1v) is 16.2. The van der Waals surface area contributed by atoms with Crippen LogP contribution in [0.4, 0.5) is 10.1 Å². The zero-order valence-electron chi connectivity index (χ0n) is 26.9. The Bertz CT molecular complexity index is 2200. The lowest BCUT2D eigenvalue weighted by molar-refractivity contribution is 0.102. The molecule has 0 atom stereocenters. The molecule has 1 N–H and O–H groups in total. The molecule has 1 aliphatic heterocycles. The van der Waals surface area contributed by atoms with Gasteiger partial charge in [-0.1, -0.05) is 30.3 Å². The lowest BCUT2D eigenvalue weighted by atomic mass is 10.1. The average Bonchev–Trinajstić information content (AvgIpc) is 3.65. The number of benzene rings is 4. The maximum atomic E-state index is 15.4. The Labute approximate surface area is 281 Å². The standard InChI is InChI=1S/C38H34FN5O5/c1-47-34-23-27-30(24-35(34)48-21-9-20-43-18-7-8-19-43)40-17-16-32(27)49-33-15-14-25(22-28(33)39)41-37(45)36-38(46)44(26-10-3-2-4-11-26)31-13-6-5-12-29(31)42-36/h2-6,10-17,22-24H,7-9,18-21H2,1H3,(H,41,45). The summed E-state index contributed by atoms with van der Waals surface area (Å²) in [7, 11) is 1.56. The topological polar surface area (TPSA) is 108 Å². The van der Waals surface area contributed by atoms with E-state index in [4.69, 9.17) is 14.2 Å². The van der Waals surface area contributed by atoms with E-state index in [0.717, 1.165) is 32.1 Å². The number of pyridine rings is 1. The molecule has 0 bridgehead atoms. The predicted octanol–water partition coefficient (Wildman–Crippen LogP) is 6.99. The monoisotopic (exact) mass is 659 g/mol. The van der Waals surface area contributed by atoms with Gasteiger partial charge in [-0.05, 0) is 80.9 Å². The van der Waals surface area contributed by atoms with Crippen LogP contribution < -0.4 is 25.1 Å². The van der Waals surface area contributed by atoms with Crippen LogP contribution in [0.2, 0.25) is 0 Å². The van der Waals surface area contributed by atoms with Gasteiger partial charge < -0.3 is 24.4 Å². The lowest BCUT2D eigenvalue weighted by Crippen LogP contribution is -2.30. The van der Waals surface area contributed by atoms with E-state index >= 15 is 4.39 Å². The van der Waals surface area contributed by atoms with Gasteiger partial charge in [0.05, 0.1) is 30.3 Å². The van der Waals surface area contributed by atoms with Crippen molar-refractivity contribution in [1.29, 1.82) is 0 Å². The number of halogens is 1. The van der Waals surface area contributed by atoms with Gasteiger partial charge in [-0.2, -0.15) is 0 Å². The van der Waals surface area contributed by atoms with Crippen molar-refractivity contribution in [3.05, 3.63) is 119 Å².